The molecule has 9 aromatic carbocycles. The van der Waals surface area contributed by atoms with E-state index in [0.29, 0.717) is 5.56 Å². The predicted octanol–water partition coefficient (Wildman–Crippen LogP) is 13.2. The van der Waals surface area contributed by atoms with Crippen LogP contribution in [0.1, 0.15) is 6.85 Å². The standard InChI is InChI=1S/C49H32N2/c1-3-14-33(15-4-1)38-30-31-42-43(32-38)48(35-17-5-2-6-18-35)41-22-10-9-21-40(41)47(42)36-26-28-37(29-27-36)49-50-44-23-11-12-24-46(44)51(49)45-25-13-19-34-16-7-8-20-39(34)45/h1-32H/i2D,5D,6D,17D,18D. The molecule has 0 radical (unpaired) electrons. The maximum Gasteiger partial charge on any atom is 0.145 e. The zero-order valence-corrected chi connectivity index (χ0v) is 27.5. The van der Waals surface area contributed by atoms with Crippen LogP contribution in [0.3, 0.4) is 0 Å². The summed E-state index contributed by atoms with van der Waals surface area (Å²) in [6.45, 7) is 0. The summed E-state index contributed by atoms with van der Waals surface area (Å²) in [4.78, 5) is 5.17. The summed E-state index contributed by atoms with van der Waals surface area (Å²) in [6, 6.07) is 54.3. The third-order valence-electron chi connectivity index (χ3n) is 9.88. The van der Waals surface area contributed by atoms with Gasteiger partial charge in [0.15, 0.2) is 0 Å². The van der Waals surface area contributed by atoms with Crippen LogP contribution in [0.5, 0.6) is 0 Å². The van der Waals surface area contributed by atoms with Crippen molar-refractivity contribution in [2.75, 3.05) is 0 Å². The van der Waals surface area contributed by atoms with Gasteiger partial charge in [0.05, 0.1) is 23.6 Å². The molecule has 10 rings (SSSR count). The van der Waals surface area contributed by atoms with Crippen LogP contribution in [0, 0.1) is 0 Å². The fourth-order valence-corrected chi connectivity index (χ4v) is 7.60. The van der Waals surface area contributed by atoms with E-state index in [1.54, 1.807) is 0 Å². The minimum atomic E-state index is -0.409. The largest absolute Gasteiger partial charge is 0.292 e. The lowest BCUT2D eigenvalue weighted by atomic mass is 9.84. The Labute approximate surface area is 303 Å². The molecule has 0 saturated heterocycles. The zero-order chi connectivity index (χ0) is 38.1. The molecule has 1 aromatic heterocycles. The Morgan fingerprint density at radius 3 is 1.82 bits per heavy atom. The van der Waals surface area contributed by atoms with Crippen molar-refractivity contribution in [1.82, 2.24) is 9.55 Å². The van der Waals surface area contributed by atoms with Crippen LogP contribution in [-0.4, -0.2) is 9.55 Å². The maximum atomic E-state index is 9.05. The average molecular weight is 654 g/mol. The van der Waals surface area contributed by atoms with Gasteiger partial charge in [-0.25, -0.2) is 4.98 Å². The number of imidazole rings is 1. The third kappa shape index (κ3) is 4.84. The van der Waals surface area contributed by atoms with Crippen LogP contribution in [0.25, 0.3) is 93.8 Å². The lowest BCUT2D eigenvalue weighted by molar-refractivity contribution is 1.11. The number of benzene rings is 9. The first-order chi connectivity index (χ1) is 27.4. The molecule has 51 heavy (non-hydrogen) atoms. The first-order valence-electron chi connectivity index (χ1n) is 19.6. The molecule has 0 aliphatic rings. The SMILES string of the molecule is [2H]c1c([2H])c([2H])c(-c2c3ccccc3c(-c3ccc(-c4nc5ccccc5n4-c4cccc5ccccc45)cc3)c3ccc(-c4ccccc4)cc23)c([2H])c1[2H]. The van der Waals surface area contributed by atoms with E-state index in [4.69, 9.17) is 11.8 Å². The van der Waals surface area contributed by atoms with Crippen molar-refractivity contribution >= 4 is 43.4 Å². The van der Waals surface area contributed by atoms with Crippen molar-refractivity contribution in [3.8, 4) is 50.5 Å². The van der Waals surface area contributed by atoms with Gasteiger partial charge in [0.1, 0.15) is 5.82 Å². The van der Waals surface area contributed by atoms with Crippen LogP contribution in [0.15, 0.2) is 194 Å². The minimum Gasteiger partial charge on any atom is -0.292 e. The number of nitrogens with zero attached hydrogens (tertiary/aromatic N) is 2. The van der Waals surface area contributed by atoms with E-state index in [1.807, 2.05) is 54.6 Å². The van der Waals surface area contributed by atoms with Gasteiger partial charge in [-0.05, 0) is 84.6 Å². The van der Waals surface area contributed by atoms with E-state index in [1.165, 1.54) is 0 Å². The summed E-state index contributed by atoms with van der Waals surface area (Å²) < 4.78 is 45.8. The quantitative estimate of drug-likeness (QED) is 0.169. The van der Waals surface area contributed by atoms with E-state index in [9.17, 15) is 0 Å². The van der Waals surface area contributed by atoms with Crippen molar-refractivity contribution in [3.05, 3.63) is 194 Å². The summed E-state index contributed by atoms with van der Waals surface area (Å²) in [6.07, 6.45) is 0. The Morgan fingerprint density at radius 2 is 1.02 bits per heavy atom. The highest BCUT2D eigenvalue weighted by molar-refractivity contribution is 6.22. The zero-order valence-electron chi connectivity index (χ0n) is 32.5. The van der Waals surface area contributed by atoms with Crippen LogP contribution >= 0.6 is 0 Å². The molecular weight excluding hydrogens is 617 g/mol. The maximum absolute atomic E-state index is 9.05. The number of aromatic nitrogens is 2. The number of hydrogen-bond acceptors (Lipinski definition) is 1. The smallest absolute Gasteiger partial charge is 0.145 e. The Bertz CT molecular complexity index is 3150. The van der Waals surface area contributed by atoms with Crippen LogP contribution in [0.2, 0.25) is 0 Å². The fourth-order valence-electron chi connectivity index (χ4n) is 7.60. The molecule has 238 valence electrons. The van der Waals surface area contributed by atoms with Gasteiger partial charge in [-0.3, -0.25) is 4.57 Å². The van der Waals surface area contributed by atoms with E-state index >= 15 is 0 Å². The molecule has 0 atom stereocenters. The van der Waals surface area contributed by atoms with Gasteiger partial charge in [-0.15, -0.1) is 0 Å². The van der Waals surface area contributed by atoms with Gasteiger partial charge in [0, 0.05) is 10.9 Å². The summed E-state index contributed by atoms with van der Waals surface area (Å²) in [5.74, 6) is 0.841. The molecule has 0 aliphatic heterocycles. The van der Waals surface area contributed by atoms with E-state index in [2.05, 4.69) is 114 Å². The second-order valence-corrected chi connectivity index (χ2v) is 12.8. The number of rotatable bonds is 5. The number of hydrogen-bond donors (Lipinski definition) is 0. The van der Waals surface area contributed by atoms with Gasteiger partial charge < -0.3 is 0 Å². The topological polar surface area (TPSA) is 17.8 Å². The van der Waals surface area contributed by atoms with Gasteiger partial charge in [0.25, 0.3) is 0 Å². The van der Waals surface area contributed by atoms with Crippen LogP contribution < -0.4 is 0 Å². The van der Waals surface area contributed by atoms with E-state index in [-0.39, 0.29) is 29.7 Å². The van der Waals surface area contributed by atoms with E-state index < -0.39 is 6.04 Å². The molecule has 0 spiro atoms. The molecule has 1 heterocycles. The molecule has 0 aliphatic carbocycles. The van der Waals surface area contributed by atoms with Gasteiger partial charge in [-0.2, -0.15) is 0 Å². The van der Waals surface area contributed by atoms with Crippen molar-refractivity contribution in [2.24, 2.45) is 0 Å². The molecule has 0 amide bonds. The predicted molar refractivity (Wildman–Crippen MR) is 215 cm³/mol. The second kappa shape index (κ2) is 12.0. The van der Waals surface area contributed by atoms with Crippen molar-refractivity contribution in [1.29, 1.82) is 0 Å². The summed E-state index contributed by atoms with van der Waals surface area (Å²) >= 11 is 0. The molecule has 10 aromatic rings. The fraction of sp³-hybridized carbons (Fsp3) is 0. The van der Waals surface area contributed by atoms with Gasteiger partial charge >= 0.3 is 0 Å². The molecular formula is C49H32N2. The lowest BCUT2D eigenvalue weighted by Crippen LogP contribution is -1.98. The monoisotopic (exact) mass is 653 g/mol. The Kier molecular flexibility index (Phi) is 5.73. The van der Waals surface area contributed by atoms with Crippen molar-refractivity contribution in [2.45, 2.75) is 0 Å². The minimum absolute atomic E-state index is 0.191. The van der Waals surface area contributed by atoms with Crippen LogP contribution in [-0.2, 0) is 0 Å². The van der Waals surface area contributed by atoms with Gasteiger partial charge in [-0.1, -0.05) is 170 Å². The molecule has 2 heteroatoms. The number of fused-ring (bicyclic) bond motifs is 4. The molecule has 0 fully saturated rings. The first kappa shape index (κ1) is 24.4. The highest BCUT2D eigenvalue weighted by Gasteiger charge is 2.19. The Morgan fingerprint density at radius 1 is 0.412 bits per heavy atom. The van der Waals surface area contributed by atoms with E-state index in [0.717, 1.165) is 82.7 Å². The summed E-state index contributed by atoms with van der Waals surface area (Å²) in [5, 5.41) is 5.75. The molecule has 0 saturated carbocycles. The highest BCUT2D eigenvalue weighted by Crippen LogP contribution is 2.45. The molecule has 0 bridgehead atoms. The Balaban J connectivity index is 1.23. The van der Waals surface area contributed by atoms with Crippen LogP contribution in [0.4, 0.5) is 0 Å². The highest BCUT2D eigenvalue weighted by atomic mass is 15.1. The lowest BCUT2D eigenvalue weighted by Gasteiger charge is -2.19. The third-order valence-corrected chi connectivity index (χ3v) is 9.88. The van der Waals surface area contributed by atoms with Gasteiger partial charge in [0.2, 0.25) is 0 Å². The van der Waals surface area contributed by atoms with Crippen molar-refractivity contribution in [3.63, 3.8) is 0 Å². The second-order valence-electron chi connectivity index (χ2n) is 12.8. The molecule has 2 nitrogen and oxygen atoms in total. The normalized spacial score (nSPS) is 12.9. The molecule has 0 N–H and O–H groups in total. The summed E-state index contributed by atoms with van der Waals surface area (Å²) in [7, 11) is 0. The average Bonchev–Trinajstić information content (AvgIpc) is 3.64. The Hall–Kier alpha value is -6.77. The number of para-hydroxylation sites is 2. The van der Waals surface area contributed by atoms with Crippen molar-refractivity contribution < 1.29 is 6.85 Å². The molecule has 0 unspecified atom stereocenters. The summed E-state index contributed by atoms with van der Waals surface area (Å²) in [5.41, 5.74) is 8.75. The first-order valence-corrected chi connectivity index (χ1v) is 17.1.